The van der Waals surface area contributed by atoms with Crippen LogP contribution in [0.1, 0.15) is 29.7 Å². The number of aliphatic hydroxyl groups is 1. The third kappa shape index (κ3) is 1.08. The molecule has 0 fully saturated rings. The van der Waals surface area contributed by atoms with E-state index in [-0.39, 0.29) is 6.10 Å². The molecule has 84 valence electrons. The van der Waals surface area contributed by atoms with Gasteiger partial charge in [-0.3, -0.25) is 0 Å². The molecule has 2 heterocycles. The van der Waals surface area contributed by atoms with Crippen LogP contribution in [0.3, 0.4) is 0 Å². The molecule has 0 unspecified atom stereocenters. The lowest BCUT2D eigenvalue weighted by molar-refractivity contribution is -0.404. The Morgan fingerprint density at radius 3 is 2.88 bits per heavy atom. The normalized spacial score (nSPS) is 32.6. The molecule has 0 amide bonds. The molecule has 0 aromatic heterocycles. The number of benzene rings is 1. The fourth-order valence-electron chi connectivity index (χ4n) is 2.58. The largest absolute Gasteiger partial charge is 0.390 e. The first-order chi connectivity index (χ1) is 7.65. The van der Waals surface area contributed by atoms with Gasteiger partial charge in [-0.1, -0.05) is 18.2 Å². The third-order valence-electron chi connectivity index (χ3n) is 3.43. The van der Waals surface area contributed by atoms with Crippen molar-refractivity contribution in [2.24, 2.45) is 0 Å². The van der Waals surface area contributed by atoms with Crippen molar-refractivity contribution in [3.63, 3.8) is 0 Å². The second kappa shape index (κ2) is 3.17. The Bertz CT molecular complexity index is 464. The monoisotopic (exact) mass is 218 g/mol. The summed E-state index contributed by atoms with van der Waals surface area (Å²) in [6, 6.07) is 6.05. The first kappa shape index (κ1) is 10.0. The van der Waals surface area contributed by atoms with Crippen LogP contribution in [0.2, 0.25) is 0 Å². The van der Waals surface area contributed by atoms with Crippen molar-refractivity contribution in [2.75, 3.05) is 0 Å². The van der Waals surface area contributed by atoms with Crippen molar-refractivity contribution in [1.29, 1.82) is 0 Å². The number of hydrogen-bond donors (Lipinski definition) is 1. The van der Waals surface area contributed by atoms with E-state index < -0.39 is 11.7 Å². The van der Waals surface area contributed by atoms with Crippen LogP contribution in [0.15, 0.2) is 30.4 Å². The van der Waals surface area contributed by atoms with E-state index in [0.29, 0.717) is 0 Å². The lowest BCUT2D eigenvalue weighted by Gasteiger charge is -2.44. The van der Waals surface area contributed by atoms with E-state index in [1.54, 1.807) is 6.92 Å². The first-order valence-electron chi connectivity index (χ1n) is 5.47. The Hall–Kier alpha value is -1.16. The van der Waals surface area contributed by atoms with Gasteiger partial charge in [-0.15, -0.1) is 0 Å². The smallest absolute Gasteiger partial charge is 0.173 e. The summed E-state index contributed by atoms with van der Waals surface area (Å²) in [7, 11) is 0. The zero-order valence-corrected chi connectivity index (χ0v) is 9.31. The highest BCUT2D eigenvalue weighted by Crippen LogP contribution is 2.48. The van der Waals surface area contributed by atoms with E-state index in [1.165, 1.54) is 0 Å². The molecule has 0 saturated carbocycles. The second-order valence-electron chi connectivity index (χ2n) is 4.47. The zero-order chi connectivity index (χ0) is 11.3. The molecular formula is C13H14O3. The lowest BCUT2D eigenvalue weighted by Crippen LogP contribution is -2.46. The topological polar surface area (TPSA) is 38.7 Å². The molecule has 1 N–H and O–H groups in total. The standard InChI is InChI=1S/C13H14O3/c1-8-4-3-5-10-11-6-7-13(9(2)14,12(8)10)16-15-11/h3-7,9,11,14H,1-2H3/t9-,11+,13+/m0/s1. The summed E-state index contributed by atoms with van der Waals surface area (Å²) in [4.78, 5) is 10.7. The van der Waals surface area contributed by atoms with Crippen molar-refractivity contribution in [2.45, 2.75) is 31.7 Å². The third-order valence-corrected chi connectivity index (χ3v) is 3.43. The van der Waals surface area contributed by atoms with E-state index in [9.17, 15) is 5.11 Å². The molecular weight excluding hydrogens is 204 g/mol. The van der Waals surface area contributed by atoms with Crippen molar-refractivity contribution in [1.82, 2.24) is 0 Å². The first-order valence-corrected chi connectivity index (χ1v) is 5.47. The van der Waals surface area contributed by atoms with Crippen molar-refractivity contribution in [3.8, 4) is 0 Å². The van der Waals surface area contributed by atoms with Gasteiger partial charge in [0.05, 0.1) is 6.10 Å². The van der Waals surface area contributed by atoms with Crippen LogP contribution in [-0.2, 0) is 15.4 Å². The Kier molecular flexibility index (Phi) is 1.98. The summed E-state index contributed by atoms with van der Waals surface area (Å²) >= 11 is 0. The summed E-state index contributed by atoms with van der Waals surface area (Å²) in [5.41, 5.74) is 2.42. The molecule has 1 aromatic carbocycles. The molecule has 16 heavy (non-hydrogen) atoms. The minimum absolute atomic E-state index is 0.143. The Balaban J connectivity index is 2.30. The lowest BCUT2D eigenvalue weighted by atomic mass is 9.77. The molecule has 2 aliphatic heterocycles. The number of aliphatic hydroxyl groups excluding tert-OH is 1. The van der Waals surface area contributed by atoms with E-state index >= 15 is 0 Å². The van der Waals surface area contributed by atoms with Gasteiger partial charge >= 0.3 is 0 Å². The molecule has 3 heteroatoms. The molecule has 0 radical (unpaired) electrons. The van der Waals surface area contributed by atoms with Crippen LogP contribution in [-0.4, -0.2) is 11.2 Å². The van der Waals surface area contributed by atoms with Gasteiger partial charge in [0.15, 0.2) is 5.60 Å². The van der Waals surface area contributed by atoms with Gasteiger partial charge in [0.2, 0.25) is 0 Å². The molecule has 3 aliphatic rings. The fraction of sp³-hybridized carbons (Fsp3) is 0.385. The van der Waals surface area contributed by atoms with Gasteiger partial charge in [-0.05, 0) is 37.1 Å². The van der Waals surface area contributed by atoms with Crippen molar-refractivity contribution < 1.29 is 14.9 Å². The number of hydrogen-bond acceptors (Lipinski definition) is 3. The predicted octanol–water partition coefficient (Wildman–Crippen LogP) is 2.14. The number of aryl methyl sites for hydroxylation is 1. The molecule has 3 nitrogen and oxygen atoms in total. The molecule has 0 spiro atoms. The quantitative estimate of drug-likeness (QED) is 0.579. The van der Waals surface area contributed by atoms with Gasteiger partial charge in [0.25, 0.3) is 0 Å². The highest BCUT2D eigenvalue weighted by Gasteiger charge is 2.48. The maximum Gasteiger partial charge on any atom is 0.173 e. The number of fused-ring (bicyclic) bond motifs is 1. The van der Waals surface area contributed by atoms with Gasteiger partial charge < -0.3 is 5.11 Å². The average molecular weight is 218 g/mol. The molecule has 4 rings (SSSR count). The van der Waals surface area contributed by atoms with Gasteiger partial charge in [-0.2, -0.15) is 0 Å². The zero-order valence-electron chi connectivity index (χ0n) is 9.31. The molecule has 2 bridgehead atoms. The SMILES string of the molecule is Cc1cccc2c1[C@]1([C@H](C)O)C=C[C@H]2OO1. The second-order valence-corrected chi connectivity index (χ2v) is 4.47. The van der Waals surface area contributed by atoms with Gasteiger partial charge in [0.1, 0.15) is 6.10 Å². The predicted molar refractivity (Wildman–Crippen MR) is 58.6 cm³/mol. The van der Waals surface area contributed by atoms with Crippen molar-refractivity contribution >= 4 is 0 Å². The highest BCUT2D eigenvalue weighted by molar-refractivity contribution is 5.49. The maximum atomic E-state index is 9.97. The Morgan fingerprint density at radius 1 is 1.44 bits per heavy atom. The van der Waals surface area contributed by atoms with Crippen LogP contribution in [0.4, 0.5) is 0 Å². The van der Waals surface area contributed by atoms with E-state index in [0.717, 1.165) is 16.7 Å². The fourth-order valence-corrected chi connectivity index (χ4v) is 2.58. The summed E-state index contributed by atoms with van der Waals surface area (Å²) in [5.74, 6) is 0. The molecule has 3 atom stereocenters. The maximum absolute atomic E-state index is 9.97. The summed E-state index contributed by atoms with van der Waals surface area (Å²) in [6.45, 7) is 3.75. The van der Waals surface area contributed by atoms with Crippen LogP contribution >= 0.6 is 0 Å². The summed E-state index contributed by atoms with van der Waals surface area (Å²) < 4.78 is 0. The average Bonchev–Trinajstić information content (AvgIpc) is 2.30. The summed E-state index contributed by atoms with van der Waals surface area (Å²) in [6.07, 6.45) is 3.06. The highest BCUT2D eigenvalue weighted by atomic mass is 17.2. The van der Waals surface area contributed by atoms with E-state index in [2.05, 4.69) is 0 Å². The van der Waals surface area contributed by atoms with E-state index in [1.807, 2.05) is 37.3 Å². The van der Waals surface area contributed by atoms with Crippen LogP contribution in [0.25, 0.3) is 0 Å². The Morgan fingerprint density at radius 2 is 2.25 bits per heavy atom. The van der Waals surface area contributed by atoms with Crippen LogP contribution < -0.4 is 0 Å². The van der Waals surface area contributed by atoms with E-state index in [4.69, 9.17) is 9.78 Å². The minimum atomic E-state index is -0.838. The molecule has 1 aromatic rings. The summed E-state index contributed by atoms with van der Waals surface area (Å²) in [5, 5.41) is 9.97. The Labute approximate surface area is 94.2 Å². The van der Waals surface area contributed by atoms with Crippen LogP contribution in [0.5, 0.6) is 0 Å². The van der Waals surface area contributed by atoms with Crippen molar-refractivity contribution in [3.05, 3.63) is 47.0 Å². The van der Waals surface area contributed by atoms with Gasteiger partial charge in [0, 0.05) is 5.56 Å². The van der Waals surface area contributed by atoms with Gasteiger partial charge in [-0.25, -0.2) is 9.78 Å². The minimum Gasteiger partial charge on any atom is -0.390 e. The molecule has 0 saturated heterocycles. The van der Waals surface area contributed by atoms with Crippen LogP contribution in [0, 0.1) is 6.92 Å². The number of rotatable bonds is 1. The molecule has 1 aliphatic carbocycles.